The van der Waals surface area contributed by atoms with E-state index >= 15 is 0 Å². The average molecular weight is 363 g/mol. The Bertz CT molecular complexity index is 742. The molecule has 2 aromatic rings. The van der Waals surface area contributed by atoms with Crippen LogP contribution in [0.25, 0.3) is 10.4 Å². The van der Waals surface area contributed by atoms with E-state index in [9.17, 15) is 9.59 Å². The maximum Gasteiger partial charge on any atom is 0.264 e. The first kappa shape index (κ1) is 17.0. The van der Waals surface area contributed by atoms with Gasteiger partial charge in [-0.05, 0) is 36.2 Å². The molecule has 0 radical (unpaired) electrons. The number of carbonyl (C=O) groups is 2. The van der Waals surface area contributed by atoms with Gasteiger partial charge in [-0.3, -0.25) is 9.59 Å². The topological polar surface area (TPSA) is 40.6 Å². The molecule has 1 fully saturated rings. The molecule has 1 aliphatic heterocycles. The molecule has 0 aliphatic carbocycles. The Kier molecular flexibility index (Phi) is 5.21. The number of nitrogens with zero attached hydrogens (tertiary/aromatic N) is 2. The van der Waals surface area contributed by atoms with Gasteiger partial charge in [0.05, 0.1) is 4.88 Å². The molecule has 0 N–H and O–H groups in total. The molecule has 0 unspecified atom stereocenters. The van der Waals surface area contributed by atoms with Crippen molar-refractivity contribution in [3.05, 3.63) is 46.3 Å². The maximum atomic E-state index is 12.7. The first-order valence-electron chi connectivity index (χ1n) is 7.95. The second-order valence-electron chi connectivity index (χ2n) is 5.82. The zero-order chi connectivity index (χ0) is 17.1. The highest BCUT2D eigenvalue weighted by molar-refractivity contribution is 7.17. The Morgan fingerprint density at radius 2 is 1.62 bits per heavy atom. The van der Waals surface area contributed by atoms with Crippen LogP contribution in [0.15, 0.2) is 36.4 Å². The van der Waals surface area contributed by atoms with Gasteiger partial charge in [0.1, 0.15) is 0 Å². The molecule has 0 saturated carbocycles. The Hall–Kier alpha value is -1.85. The summed E-state index contributed by atoms with van der Waals surface area (Å²) in [6.45, 7) is 4.19. The predicted molar refractivity (Wildman–Crippen MR) is 97.5 cm³/mol. The number of benzene rings is 1. The lowest BCUT2D eigenvalue weighted by molar-refractivity contribution is -0.128. The molecule has 1 aromatic carbocycles. The monoisotopic (exact) mass is 362 g/mol. The maximum absolute atomic E-state index is 12.7. The fraction of sp³-hybridized carbons (Fsp3) is 0.333. The van der Waals surface area contributed by atoms with E-state index in [2.05, 4.69) is 0 Å². The van der Waals surface area contributed by atoms with Crippen LogP contribution in [-0.2, 0) is 4.79 Å². The standard InChI is InChI=1S/C18H19ClN2O2S/c1-13(22)20-9-2-10-21(12-11-20)18(23)17-8-7-16(24-17)14-3-5-15(19)6-4-14/h3-8H,2,9-12H2,1H3. The second kappa shape index (κ2) is 7.36. The van der Waals surface area contributed by atoms with E-state index in [1.165, 1.54) is 11.3 Å². The highest BCUT2D eigenvalue weighted by Crippen LogP contribution is 2.29. The van der Waals surface area contributed by atoms with Crippen LogP contribution in [0.5, 0.6) is 0 Å². The summed E-state index contributed by atoms with van der Waals surface area (Å²) in [5, 5.41) is 0.700. The number of hydrogen-bond donors (Lipinski definition) is 0. The number of hydrogen-bond acceptors (Lipinski definition) is 3. The lowest BCUT2D eigenvalue weighted by atomic mass is 10.2. The SMILES string of the molecule is CC(=O)N1CCCN(C(=O)c2ccc(-c3ccc(Cl)cc3)s2)CC1. The summed E-state index contributed by atoms with van der Waals surface area (Å²) >= 11 is 7.41. The number of rotatable bonds is 2. The molecule has 126 valence electrons. The summed E-state index contributed by atoms with van der Waals surface area (Å²) in [5.74, 6) is 0.121. The van der Waals surface area contributed by atoms with Gasteiger partial charge in [-0.25, -0.2) is 0 Å². The van der Waals surface area contributed by atoms with Crippen LogP contribution in [0.2, 0.25) is 5.02 Å². The quantitative estimate of drug-likeness (QED) is 0.816. The van der Waals surface area contributed by atoms with Gasteiger partial charge in [-0.2, -0.15) is 0 Å². The smallest absolute Gasteiger partial charge is 0.264 e. The van der Waals surface area contributed by atoms with Crippen LogP contribution in [0.4, 0.5) is 0 Å². The Balaban J connectivity index is 1.71. The van der Waals surface area contributed by atoms with Crippen LogP contribution in [-0.4, -0.2) is 47.8 Å². The number of carbonyl (C=O) groups excluding carboxylic acids is 2. The molecule has 2 heterocycles. The molecule has 0 atom stereocenters. The third-order valence-corrected chi connectivity index (χ3v) is 5.55. The molecule has 0 bridgehead atoms. The largest absolute Gasteiger partial charge is 0.341 e. The highest BCUT2D eigenvalue weighted by atomic mass is 35.5. The van der Waals surface area contributed by atoms with Gasteiger partial charge >= 0.3 is 0 Å². The normalized spacial score (nSPS) is 15.2. The van der Waals surface area contributed by atoms with Gasteiger partial charge in [0.15, 0.2) is 0 Å². The fourth-order valence-electron chi connectivity index (χ4n) is 2.81. The van der Waals surface area contributed by atoms with Crippen LogP contribution in [0, 0.1) is 0 Å². The molecule has 2 amide bonds. The average Bonchev–Trinajstić information content (AvgIpc) is 2.92. The van der Waals surface area contributed by atoms with Crippen molar-refractivity contribution >= 4 is 34.8 Å². The van der Waals surface area contributed by atoms with E-state index < -0.39 is 0 Å². The second-order valence-corrected chi connectivity index (χ2v) is 7.34. The molecule has 6 heteroatoms. The zero-order valence-electron chi connectivity index (χ0n) is 13.5. The van der Waals surface area contributed by atoms with Gasteiger partial charge in [0, 0.05) is 43.0 Å². The molecular formula is C18H19ClN2O2S. The number of halogens is 1. The fourth-order valence-corrected chi connectivity index (χ4v) is 3.92. The summed E-state index contributed by atoms with van der Waals surface area (Å²) in [5.41, 5.74) is 1.06. The van der Waals surface area contributed by atoms with Crippen molar-refractivity contribution in [1.29, 1.82) is 0 Å². The van der Waals surface area contributed by atoms with E-state index in [0.717, 1.165) is 28.3 Å². The Morgan fingerprint density at radius 1 is 0.958 bits per heavy atom. The zero-order valence-corrected chi connectivity index (χ0v) is 15.1. The van der Waals surface area contributed by atoms with Crippen molar-refractivity contribution in [1.82, 2.24) is 9.80 Å². The lowest BCUT2D eigenvalue weighted by Crippen LogP contribution is -2.36. The predicted octanol–water partition coefficient (Wildman–Crippen LogP) is 3.76. The minimum atomic E-state index is 0.0469. The van der Waals surface area contributed by atoms with E-state index in [4.69, 9.17) is 11.6 Å². The third kappa shape index (κ3) is 3.79. The minimum Gasteiger partial charge on any atom is -0.341 e. The number of amides is 2. The van der Waals surface area contributed by atoms with Crippen LogP contribution in [0.3, 0.4) is 0 Å². The van der Waals surface area contributed by atoms with E-state index in [0.29, 0.717) is 24.7 Å². The van der Waals surface area contributed by atoms with E-state index in [1.807, 2.05) is 41.3 Å². The van der Waals surface area contributed by atoms with Crippen molar-refractivity contribution in [2.75, 3.05) is 26.2 Å². The van der Waals surface area contributed by atoms with Crippen LogP contribution < -0.4 is 0 Å². The van der Waals surface area contributed by atoms with E-state index in [1.54, 1.807) is 11.8 Å². The third-order valence-electron chi connectivity index (χ3n) is 4.17. The molecular weight excluding hydrogens is 344 g/mol. The number of thiophene rings is 1. The molecule has 1 saturated heterocycles. The van der Waals surface area contributed by atoms with Crippen molar-refractivity contribution in [3.63, 3.8) is 0 Å². The Morgan fingerprint density at radius 3 is 2.33 bits per heavy atom. The van der Waals surface area contributed by atoms with Crippen LogP contribution >= 0.6 is 22.9 Å². The molecule has 1 aliphatic rings. The minimum absolute atomic E-state index is 0.0469. The van der Waals surface area contributed by atoms with Crippen molar-refractivity contribution in [2.24, 2.45) is 0 Å². The first-order chi connectivity index (χ1) is 11.5. The molecule has 3 rings (SSSR count). The summed E-state index contributed by atoms with van der Waals surface area (Å²) in [6, 6.07) is 11.5. The molecule has 1 aromatic heterocycles. The summed E-state index contributed by atoms with van der Waals surface area (Å²) in [7, 11) is 0. The molecule has 0 spiro atoms. The van der Waals surface area contributed by atoms with Gasteiger partial charge < -0.3 is 9.80 Å². The first-order valence-corrected chi connectivity index (χ1v) is 9.14. The van der Waals surface area contributed by atoms with Crippen LogP contribution in [0.1, 0.15) is 23.0 Å². The molecule has 4 nitrogen and oxygen atoms in total. The lowest BCUT2D eigenvalue weighted by Gasteiger charge is -2.20. The highest BCUT2D eigenvalue weighted by Gasteiger charge is 2.22. The summed E-state index contributed by atoms with van der Waals surface area (Å²) in [4.78, 5) is 29.7. The summed E-state index contributed by atoms with van der Waals surface area (Å²) < 4.78 is 0. The van der Waals surface area contributed by atoms with Crippen molar-refractivity contribution in [3.8, 4) is 10.4 Å². The van der Waals surface area contributed by atoms with Gasteiger partial charge in [-0.15, -0.1) is 11.3 Å². The van der Waals surface area contributed by atoms with E-state index in [-0.39, 0.29) is 11.8 Å². The molecule has 24 heavy (non-hydrogen) atoms. The van der Waals surface area contributed by atoms with Gasteiger partial charge in [-0.1, -0.05) is 23.7 Å². The Labute approximate surface area is 150 Å². The van der Waals surface area contributed by atoms with Crippen molar-refractivity contribution < 1.29 is 9.59 Å². The van der Waals surface area contributed by atoms with Crippen molar-refractivity contribution in [2.45, 2.75) is 13.3 Å². The summed E-state index contributed by atoms with van der Waals surface area (Å²) in [6.07, 6.45) is 0.820. The van der Waals surface area contributed by atoms with Gasteiger partial charge in [0.2, 0.25) is 5.91 Å². The van der Waals surface area contributed by atoms with Gasteiger partial charge in [0.25, 0.3) is 5.91 Å².